The average Bonchev–Trinajstić information content (AvgIpc) is 3.36. The summed E-state index contributed by atoms with van der Waals surface area (Å²) in [4.78, 5) is 38.2. The molecule has 0 aliphatic rings. The molecule has 1 unspecified atom stereocenters. The number of ether oxygens (including phenoxy) is 3. The van der Waals surface area contributed by atoms with Crippen molar-refractivity contribution in [2.24, 2.45) is 0 Å². The predicted octanol–water partition coefficient (Wildman–Crippen LogP) is 19.3. The van der Waals surface area contributed by atoms with E-state index in [9.17, 15) is 14.4 Å². The highest BCUT2D eigenvalue weighted by molar-refractivity contribution is 5.71. The van der Waals surface area contributed by atoms with Crippen molar-refractivity contribution < 1.29 is 28.6 Å². The third kappa shape index (κ3) is 54.7. The Morgan fingerprint density at radius 2 is 0.571 bits per heavy atom. The zero-order valence-electron chi connectivity index (χ0n) is 45.2. The topological polar surface area (TPSA) is 78.9 Å². The van der Waals surface area contributed by atoms with Crippen molar-refractivity contribution in [3.8, 4) is 0 Å². The van der Waals surface area contributed by atoms with Crippen molar-refractivity contribution in [2.45, 2.75) is 252 Å². The van der Waals surface area contributed by atoms with Gasteiger partial charge in [-0.2, -0.15) is 0 Å². The highest BCUT2D eigenvalue weighted by Crippen LogP contribution is 2.14. The highest BCUT2D eigenvalue weighted by atomic mass is 16.6. The first-order valence-electron chi connectivity index (χ1n) is 28.7. The van der Waals surface area contributed by atoms with Gasteiger partial charge in [0.1, 0.15) is 13.2 Å². The molecule has 0 saturated heterocycles. The number of hydrogen-bond donors (Lipinski definition) is 0. The van der Waals surface area contributed by atoms with Crippen LogP contribution in [0, 0.1) is 0 Å². The first-order chi connectivity index (χ1) is 34.5. The van der Waals surface area contributed by atoms with Crippen LogP contribution < -0.4 is 0 Å². The summed E-state index contributed by atoms with van der Waals surface area (Å²) in [5.41, 5.74) is 0. The van der Waals surface area contributed by atoms with Crippen LogP contribution in [0.1, 0.15) is 245 Å². The average molecular weight is 970 g/mol. The Bertz CT molecular complexity index is 1490. The van der Waals surface area contributed by atoms with Crippen LogP contribution in [0.25, 0.3) is 0 Å². The molecule has 0 rings (SSSR count). The summed E-state index contributed by atoms with van der Waals surface area (Å²) in [6.07, 6.45) is 78.9. The Kier molecular flexibility index (Phi) is 54.0. The molecular formula is C64H104O6. The minimum atomic E-state index is -0.811. The molecule has 70 heavy (non-hydrogen) atoms. The fraction of sp³-hybridized carbons (Fsp3) is 0.641. The second-order valence-electron chi connectivity index (χ2n) is 18.7. The Morgan fingerprint density at radius 3 is 0.957 bits per heavy atom. The third-order valence-corrected chi connectivity index (χ3v) is 11.9. The highest BCUT2D eigenvalue weighted by Gasteiger charge is 2.19. The number of esters is 3. The van der Waals surface area contributed by atoms with Crippen molar-refractivity contribution in [1.29, 1.82) is 0 Å². The number of allylic oxidation sites excluding steroid dienone is 20. The summed E-state index contributed by atoms with van der Waals surface area (Å²) in [5, 5.41) is 0. The van der Waals surface area contributed by atoms with Crippen molar-refractivity contribution in [2.75, 3.05) is 13.2 Å². The lowest BCUT2D eigenvalue weighted by Gasteiger charge is -2.18. The minimum Gasteiger partial charge on any atom is -0.462 e. The molecule has 0 N–H and O–H groups in total. The van der Waals surface area contributed by atoms with E-state index in [0.717, 1.165) is 89.9 Å². The van der Waals surface area contributed by atoms with Crippen LogP contribution >= 0.6 is 0 Å². The molecular weight excluding hydrogens is 865 g/mol. The molecule has 0 bridgehead atoms. The van der Waals surface area contributed by atoms with Crippen LogP contribution in [-0.4, -0.2) is 37.2 Å². The monoisotopic (exact) mass is 969 g/mol. The summed E-state index contributed by atoms with van der Waals surface area (Å²) in [5.74, 6) is -0.972. The summed E-state index contributed by atoms with van der Waals surface area (Å²) in [6.45, 7) is 6.42. The van der Waals surface area contributed by atoms with Gasteiger partial charge in [0.15, 0.2) is 6.10 Å². The third-order valence-electron chi connectivity index (χ3n) is 11.9. The Morgan fingerprint density at radius 1 is 0.300 bits per heavy atom. The van der Waals surface area contributed by atoms with E-state index >= 15 is 0 Å². The molecule has 0 radical (unpaired) electrons. The number of unbranched alkanes of at least 4 members (excludes halogenated alkanes) is 26. The van der Waals surface area contributed by atoms with Crippen molar-refractivity contribution >= 4 is 17.9 Å². The molecule has 0 aromatic carbocycles. The van der Waals surface area contributed by atoms with Gasteiger partial charge in [-0.25, -0.2) is 0 Å². The normalized spacial score (nSPS) is 13.0. The first kappa shape index (κ1) is 65.8. The predicted molar refractivity (Wildman–Crippen MR) is 302 cm³/mol. The van der Waals surface area contributed by atoms with E-state index in [1.165, 1.54) is 116 Å². The van der Waals surface area contributed by atoms with E-state index in [1.54, 1.807) is 0 Å². The van der Waals surface area contributed by atoms with E-state index in [4.69, 9.17) is 14.2 Å². The van der Waals surface area contributed by atoms with Gasteiger partial charge >= 0.3 is 17.9 Å². The minimum absolute atomic E-state index is 0.104. The summed E-state index contributed by atoms with van der Waals surface area (Å²) in [7, 11) is 0. The largest absolute Gasteiger partial charge is 0.462 e. The zero-order valence-corrected chi connectivity index (χ0v) is 45.2. The van der Waals surface area contributed by atoms with E-state index in [0.29, 0.717) is 19.3 Å². The molecule has 0 fully saturated rings. The molecule has 0 spiro atoms. The van der Waals surface area contributed by atoms with Gasteiger partial charge in [0.2, 0.25) is 0 Å². The van der Waals surface area contributed by atoms with Gasteiger partial charge < -0.3 is 14.2 Å². The van der Waals surface area contributed by atoms with Gasteiger partial charge in [0.05, 0.1) is 0 Å². The van der Waals surface area contributed by atoms with E-state index in [-0.39, 0.29) is 31.1 Å². The lowest BCUT2D eigenvalue weighted by Crippen LogP contribution is -2.30. The molecule has 6 heteroatoms. The van der Waals surface area contributed by atoms with Gasteiger partial charge in [-0.15, -0.1) is 0 Å². The maximum Gasteiger partial charge on any atom is 0.306 e. The van der Waals surface area contributed by atoms with Crippen LogP contribution in [0.4, 0.5) is 0 Å². The van der Waals surface area contributed by atoms with E-state index in [2.05, 4.69) is 69.4 Å². The molecule has 1 atom stereocenters. The van der Waals surface area contributed by atoms with Crippen LogP contribution in [0.3, 0.4) is 0 Å². The molecule has 0 amide bonds. The van der Waals surface area contributed by atoms with Gasteiger partial charge in [-0.1, -0.05) is 258 Å². The van der Waals surface area contributed by atoms with Crippen LogP contribution in [-0.2, 0) is 28.6 Å². The molecule has 396 valence electrons. The molecule has 0 aliphatic carbocycles. The summed E-state index contributed by atoms with van der Waals surface area (Å²) >= 11 is 0. The summed E-state index contributed by atoms with van der Waals surface area (Å²) in [6, 6.07) is 0. The lowest BCUT2D eigenvalue weighted by atomic mass is 10.1. The van der Waals surface area contributed by atoms with Gasteiger partial charge in [0.25, 0.3) is 0 Å². The second-order valence-corrected chi connectivity index (χ2v) is 18.7. The Labute approximate surface area is 431 Å². The van der Waals surface area contributed by atoms with Gasteiger partial charge in [0, 0.05) is 19.3 Å². The van der Waals surface area contributed by atoms with Crippen molar-refractivity contribution in [3.63, 3.8) is 0 Å². The zero-order chi connectivity index (χ0) is 50.7. The number of rotatable bonds is 50. The summed E-state index contributed by atoms with van der Waals surface area (Å²) < 4.78 is 16.8. The maximum atomic E-state index is 12.9. The maximum absolute atomic E-state index is 12.9. The van der Waals surface area contributed by atoms with Crippen molar-refractivity contribution in [3.05, 3.63) is 122 Å². The van der Waals surface area contributed by atoms with E-state index in [1.807, 2.05) is 72.9 Å². The Balaban J connectivity index is 4.54. The Hall–Kier alpha value is -4.19. The molecule has 6 nitrogen and oxygen atoms in total. The quantitative estimate of drug-likeness (QED) is 0.0199. The smallest absolute Gasteiger partial charge is 0.306 e. The fourth-order valence-corrected chi connectivity index (χ4v) is 7.59. The van der Waals surface area contributed by atoms with Crippen LogP contribution in [0.5, 0.6) is 0 Å². The number of carbonyl (C=O) groups excluding carboxylic acids is 3. The van der Waals surface area contributed by atoms with Crippen molar-refractivity contribution in [1.82, 2.24) is 0 Å². The fourth-order valence-electron chi connectivity index (χ4n) is 7.59. The first-order valence-corrected chi connectivity index (χ1v) is 28.7. The molecule has 0 aromatic heterocycles. The molecule has 0 aromatic rings. The van der Waals surface area contributed by atoms with Crippen LogP contribution in [0.15, 0.2) is 122 Å². The standard InChI is InChI=1S/C64H104O6/c1-4-7-10-13-16-19-22-25-28-30-32-34-36-39-42-45-48-51-54-57-63(66)69-60-61(59-68-62(65)56-53-50-47-44-41-38-35-27-24-21-18-15-12-9-6-3)70-64(67)58-55-52-49-46-43-40-37-33-31-29-26-23-20-17-14-11-8-5-2/h7,10,13,16,19,21-22,24-25,28-34,36-37,39,42,61H,4-6,8-9,11-12,14-15,17-18,20,23,26-27,35,38,40-41,43-60H2,1-3H3/b10-7-,16-13-,22-19-,24-21-,28-25-,31-29-,32-30+,36-34-,37-33-,42-39-. The molecule has 0 saturated carbocycles. The number of hydrogen-bond acceptors (Lipinski definition) is 6. The lowest BCUT2D eigenvalue weighted by molar-refractivity contribution is -0.167. The number of carbonyl (C=O) groups is 3. The van der Waals surface area contributed by atoms with Gasteiger partial charge in [-0.05, 0) is 89.9 Å². The SMILES string of the molecule is CC\C=C/C=C\C=C/C=C\C=C\C=C/C=C\CCCCCC(=O)OCC(COC(=O)CCCCCCCCC/C=C\CCCCCC)OC(=O)CCCCCCC/C=C\C=C/CCCCCCCCC. The van der Waals surface area contributed by atoms with Crippen LogP contribution in [0.2, 0.25) is 0 Å². The molecule has 0 aliphatic heterocycles. The second kappa shape index (κ2) is 57.4. The molecule has 0 heterocycles. The van der Waals surface area contributed by atoms with E-state index < -0.39 is 6.10 Å². The van der Waals surface area contributed by atoms with Gasteiger partial charge in [-0.3, -0.25) is 14.4 Å².